The first-order valence-corrected chi connectivity index (χ1v) is 5.14. The van der Waals surface area contributed by atoms with Crippen LogP contribution in [-0.2, 0) is 4.74 Å². The molecule has 0 radical (unpaired) electrons. The van der Waals surface area contributed by atoms with Crippen molar-refractivity contribution >= 4 is 5.84 Å². The Bertz CT molecular complexity index is 261. The number of rotatable bonds is 5. The van der Waals surface area contributed by atoms with Gasteiger partial charge in [-0.3, -0.25) is 4.90 Å². The van der Waals surface area contributed by atoms with Crippen molar-refractivity contribution in [1.29, 1.82) is 0 Å². The Morgan fingerprint density at radius 3 is 2.94 bits per heavy atom. The van der Waals surface area contributed by atoms with Crippen LogP contribution < -0.4 is 5.73 Å². The molecule has 1 heterocycles. The summed E-state index contributed by atoms with van der Waals surface area (Å²) in [5, 5.41) is 11.2. The van der Waals surface area contributed by atoms with Gasteiger partial charge in [0.2, 0.25) is 0 Å². The molecule has 94 valence electrons. The Labute approximate surface area is 92.8 Å². The minimum absolute atomic E-state index is 0.0316. The fourth-order valence-electron chi connectivity index (χ4n) is 1.81. The highest BCUT2D eigenvalue weighted by atomic mass is 19.3. The summed E-state index contributed by atoms with van der Waals surface area (Å²) in [6.45, 7) is 2.19. The van der Waals surface area contributed by atoms with Gasteiger partial charge in [0.25, 0.3) is 5.92 Å². The molecule has 3 N–H and O–H groups in total. The third-order valence-corrected chi connectivity index (χ3v) is 2.49. The average molecular weight is 237 g/mol. The van der Waals surface area contributed by atoms with Crippen LogP contribution in [0.1, 0.15) is 13.3 Å². The largest absolute Gasteiger partial charge is 0.409 e. The molecule has 1 aliphatic rings. The molecule has 1 unspecified atom stereocenters. The Hall–Kier alpha value is -0.950. The molecule has 1 aliphatic heterocycles. The second-order valence-electron chi connectivity index (χ2n) is 3.87. The second-order valence-corrected chi connectivity index (χ2v) is 3.87. The second kappa shape index (κ2) is 5.40. The quantitative estimate of drug-likeness (QED) is 0.316. The molecule has 0 saturated carbocycles. The van der Waals surface area contributed by atoms with Crippen molar-refractivity contribution in [3.8, 4) is 0 Å². The van der Waals surface area contributed by atoms with E-state index < -0.39 is 5.92 Å². The Balaban J connectivity index is 2.57. The summed E-state index contributed by atoms with van der Waals surface area (Å²) < 4.78 is 31.5. The zero-order chi connectivity index (χ0) is 12.2. The molecule has 16 heavy (non-hydrogen) atoms. The number of nitrogens with two attached hydrogens (primary N) is 1. The summed E-state index contributed by atoms with van der Waals surface area (Å²) in [7, 11) is 0. The number of alkyl halides is 2. The number of halogens is 2. The molecular weight excluding hydrogens is 220 g/mol. The number of amidine groups is 1. The van der Waals surface area contributed by atoms with Crippen molar-refractivity contribution in [3.63, 3.8) is 0 Å². The highest BCUT2D eigenvalue weighted by Crippen LogP contribution is 2.31. The van der Waals surface area contributed by atoms with Gasteiger partial charge in [-0.1, -0.05) is 5.16 Å². The molecule has 1 atom stereocenters. The molecule has 5 nitrogen and oxygen atoms in total. The van der Waals surface area contributed by atoms with Crippen LogP contribution in [0.3, 0.4) is 0 Å². The molecule has 0 aromatic rings. The Kier molecular flexibility index (Phi) is 4.43. The number of likely N-dealkylation sites (tertiary alicyclic amines) is 1. The first-order chi connectivity index (χ1) is 7.48. The number of ether oxygens (including phenoxy) is 1. The molecule has 0 bridgehead atoms. The molecular formula is C9H17F2N3O2. The summed E-state index contributed by atoms with van der Waals surface area (Å²) >= 11 is 0. The summed E-state index contributed by atoms with van der Waals surface area (Å²) in [6, 6.07) is -0.379. The van der Waals surface area contributed by atoms with Crippen molar-refractivity contribution in [1.82, 2.24) is 4.90 Å². The third-order valence-electron chi connectivity index (χ3n) is 2.49. The lowest BCUT2D eigenvalue weighted by Gasteiger charge is -2.22. The van der Waals surface area contributed by atoms with Gasteiger partial charge < -0.3 is 15.7 Å². The van der Waals surface area contributed by atoms with E-state index in [-0.39, 0.29) is 38.0 Å². The van der Waals surface area contributed by atoms with Gasteiger partial charge in [0.1, 0.15) is 0 Å². The lowest BCUT2D eigenvalue weighted by molar-refractivity contribution is 0.0123. The van der Waals surface area contributed by atoms with Crippen LogP contribution in [0.4, 0.5) is 8.78 Å². The van der Waals surface area contributed by atoms with E-state index in [0.29, 0.717) is 6.61 Å². The van der Waals surface area contributed by atoms with Gasteiger partial charge in [0.15, 0.2) is 5.84 Å². The predicted molar refractivity (Wildman–Crippen MR) is 54.8 cm³/mol. The zero-order valence-corrected chi connectivity index (χ0v) is 9.20. The van der Waals surface area contributed by atoms with E-state index in [9.17, 15) is 8.78 Å². The molecule has 1 rings (SSSR count). The fourth-order valence-corrected chi connectivity index (χ4v) is 1.81. The van der Waals surface area contributed by atoms with E-state index in [1.54, 1.807) is 6.92 Å². The van der Waals surface area contributed by atoms with E-state index in [1.165, 1.54) is 4.90 Å². The number of hydrogen-bond donors (Lipinski definition) is 2. The van der Waals surface area contributed by atoms with Crippen LogP contribution in [0.15, 0.2) is 5.16 Å². The maximum absolute atomic E-state index is 13.2. The van der Waals surface area contributed by atoms with E-state index >= 15 is 0 Å². The molecule has 0 aliphatic carbocycles. The monoisotopic (exact) mass is 237 g/mol. The van der Waals surface area contributed by atoms with Crippen molar-refractivity contribution in [2.75, 3.05) is 26.3 Å². The van der Waals surface area contributed by atoms with Gasteiger partial charge in [0, 0.05) is 19.1 Å². The van der Waals surface area contributed by atoms with Crippen molar-refractivity contribution in [2.45, 2.75) is 25.3 Å². The normalized spacial score (nSPS) is 26.2. The van der Waals surface area contributed by atoms with Gasteiger partial charge in [0.05, 0.1) is 19.7 Å². The third kappa shape index (κ3) is 3.57. The average Bonchev–Trinajstić information content (AvgIpc) is 2.50. The predicted octanol–water partition coefficient (Wildman–Crippen LogP) is 0.479. The van der Waals surface area contributed by atoms with E-state index in [1.807, 2.05) is 0 Å². The summed E-state index contributed by atoms with van der Waals surface area (Å²) in [5.41, 5.74) is 5.30. The van der Waals surface area contributed by atoms with E-state index in [0.717, 1.165) is 0 Å². The lowest BCUT2D eigenvalue weighted by atomic mass is 10.2. The van der Waals surface area contributed by atoms with Gasteiger partial charge in [-0.05, 0) is 6.92 Å². The van der Waals surface area contributed by atoms with Crippen molar-refractivity contribution in [2.24, 2.45) is 10.9 Å². The minimum Gasteiger partial charge on any atom is -0.409 e. The molecule has 0 aromatic heterocycles. The number of hydrogen-bond acceptors (Lipinski definition) is 4. The molecule has 0 spiro atoms. The van der Waals surface area contributed by atoms with Crippen LogP contribution >= 0.6 is 0 Å². The summed E-state index contributed by atoms with van der Waals surface area (Å²) in [4.78, 5) is 1.48. The lowest BCUT2D eigenvalue weighted by Crippen LogP contribution is -2.40. The van der Waals surface area contributed by atoms with Crippen LogP contribution in [0.5, 0.6) is 0 Å². The summed E-state index contributed by atoms with van der Waals surface area (Å²) in [6.07, 6.45) is -0.244. The standard InChI is InChI=1S/C9H17F2N3O2/c1-2-16-5-7-3-9(10,11)6-14(7)4-8(12)13-15/h7,15H,2-6H2,1H3,(H2,12,13). The van der Waals surface area contributed by atoms with Crippen LogP contribution in [-0.4, -0.2) is 54.2 Å². The van der Waals surface area contributed by atoms with Gasteiger partial charge in [-0.2, -0.15) is 0 Å². The van der Waals surface area contributed by atoms with Crippen LogP contribution in [0.2, 0.25) is 0 Å². The first-order valence-electron chi connectivity index (χ1n) is 5.14. The van der Waals surface area contributed by atoms with Crippen LogP contribution in [0, 0.1) is 0 Å². The summed E-state index contributed by atoms with van der Waals surface area (Å²) in [5.74, 6) is -2.79. The number of nitrogens with zero attached hydrogens (tertiary/aromatic N) is 2. The molecule has 0 amide bonds. The Morgan fingerprint density at radius 1 is 1.69 bits per heavy atom. The highest BCUT2D eigenvalue weighted by molar-refractivity contribution is 5.81. The van der Waals surface area contributed by atoms with E-state index in [2.05, 4.69) is 5.16 Å². The molecule has 1 saturated heterocycles. The first kappa shape index (κ1) is 13.1. The van der Waals surface area contributed by atoms with Gasteiger partial charge >= 0.3 is 0 Å². The zero-order valence-electron chi connectivity index (χ0n) is 9.20. The maximum Gasteiger partial charge on any atom is 0.262 e. The minimum atomic E-state index is -2.72. The van der Waals surface area contributed by atoms with E-state index in [4.69, 9.17) is 15.7 Å². The van der Waals surface area contributed by atoms with Crippen molar-refractivity contribution < 1.29 is 18.7 Å². The molecule has 1 fully saturated rings. The number of oxime groups is 1. The van der Waals surface area contributed by atoms with Gasteiger partial charge in [-0.25, -0.2) is 8.78 Å². The van der Waals surface area contributed by atoms with Crippen molar-refractivity contribution in [3.05, 3.63) is 0 Å². The fraction of sp³-hybridized carbons (Fsp3) is 0.889. The smallest absolute Gasteiger partial charge is 0.262 e. The highest BCUT2D eigenvalue weighted by Gasteiger charge is 2.44. The Morgan fingerprint density at radius 2 is 2.38 bits per heavy atom. The maximum atomic E-state index is 13.2. The molecule has 7 heteroatoms. The van der Waals surface area contributed by atoms with Gasteiger partial charge in [-0.15, -0.1) is 0 Å². The molecule has 0 aromatic carbocycles. The topological polar surface area (TPSA) is 71.1 Å². The van der Waals surface area contributed by atoms with Crippen LogP contribution in [0.25, 0.3) is 0 Å². The SMILES string of the molecule is CCOCC1CC(F)(F)CN1C/C(N)=N/O.